The second-order valence-corrected chi connectivity index (χ2v) is 8.36. The predicted octanol–water partition coefficient (Wildman–Crippen LogP) is 5.04. The van der Waals surface area contributed by atoms with E-state index >= 15 is 0 Å². The average Bonchev–Trinajstić information content (AvgIpc) is 3.49. The summed E-state index contributed by atoms with van der Waals surface area (Å²) in [6.45, 7) is 2.19. The molecule has 7 nitrogen and oxygen atoms in total. The molecular formula is C25H21N3O4S. The van der Waals surface area contributed by atoms with Crippen LogP contribution >= 0.6 is 11.8 Å². The average molecular weight is 460 g/mol. The van der Waals surface area contributed by atoms with E-state index in [0.29, 0.717) is 35.2 Å². The molecule has 4 aromatic rings. The molecule has 0 radical (unpaired) electrons. The Bertz CT molecular complexity index is 1290. The van der Waals surface area contributed by atoms with E-state index in [0.717, 1.165) is 22.2 Å². The maximum atomic E-state index is 11.8. The molecule has 166 valence electrons. The number of carbonyl (C=O) groups excluding carboxylic acids is 1. The summed E-state index contributed by atoms with van der Waals surface area (Å²) in [4.78, 5) is 11.8. The molecule has 8 heteroatoms. The number of hydrogen-bond acceptors (Lipinski definition) is 7. The maximum absolute atomic E-state index is 11.8. The first-order chi connectivity index (χ1) is 16.2. The Hall–Kier alpha value is -3.78. The molecule has 5 rings (SSSR count). The molecule has 0 atom stereocenters. The van der Waals surface area contributed by atoms with E-state index in [9.17, 15) is 4.79 Å². The van der Waals surface area contributed by atoms with Crippen LogP contribution in [0.2, 0.25) is 0 Å². The number of carbonyl (C=O) groups is 1. The third kappa shape index (κ3) is 4.42. The molecule has 0 fully saturated rings. The quantitative estimate of drug-likeness (QED) is 0.208. The molecular weight excluding hydrogens is 438 g/mol. The van der Waals surface area contributed by atoms with Crippen molar-refractivity contribution < 1.29 is 19.0 Å². The fourth-order valence-electron chi connectivity index (χ4n) is 3.56. The Morgan fingerprint density at radius 2 is 1.79 bits per heavy atom. The summed E-state index contributed by atoms with van der Waals surface area (Å²) in [5, 5.41) is 9.67. The van der Waals surface area contributed by atoms with Gasteiger partial charge in [-0.3, -0.25) is 9.36 Å². The van der Waals surface area contributed by atoms with Gasteiger partial charge in [-0.1, -0.05) is 42.1 Å². The number of ketones is 1. The number of hydrogen-bond donors (Lipinski definition) is 0. The Morgan fingerprint density at radius 1 is 1.00 bits per heavy atom. The van der Waals surface area contributed by atoms with Crippen LogP contribution in [0, 0.1) is 0 Å². The summed E-state index contributed by atoms with van der Waals surface area (Å²) < 4.78 is 18.9. The number of benzene rings is 3. The Labute approximate surface area is 195 Å². The Kier molecular flexibility index (Phi) is 5.99. The van der Waals surface area contributed by atoms with Crippen LogP contribution in [0.4, 0.5) is 0 Å². The monoisotopic (exact) mass is 459 g/mol. The van der Waals surface area contributed by atoms with Gasteiger partial charge in [-0.05, 0) is 49.4 Å². The van der Waals surface area contributed by atoms with Crippen LogP contribution in [0.15, 0.2) is 78.0 Å². The number of para-hydroxylation sites is 2. The van der Waals surface area contributed by atoms with Crippen molar-refractivity contribution in [1.82, 2.24) is 14.8 Å². The van der Waals surface area contributed by atoms with Gasteiger partial charge in [-0.15, -0.1) is 10.2 Å². The minimum Gasteiger partial charge on any atom is -0.492 e. The van der Waals surface area contributed by atoms with Crippen LogP contribution in [-0.2, 0) is 0 Å². The molecule has 0 bridgehead atoms. The van der Waals surface area contributed by atoms with E-state index in [1.165, 1.54) is 18.7 Å². The maximum Gasteiger partial charge on any atom is 0.231 e. The van der Waals surface area contributed by atoms with E-state index < -0.39 is 0 Å². The second-order valence-electron chi connectivity index (χ2n) is 7.29. The third-order valence-corrected chi connectivity index (χ3v) is 6.01. The molecule has 2 heterocycles. The first-order valence-corrected chi connectivity index (χ1v) is 11.5. The summed E-state index contributed by atoms with van der Waals surface area (Å²) in [7, 11) is 0. The van der Waals surface area contributed by atoms with Crippen molar-refractivity contribution in [1.29, 1.82) is 0 Å². The van der Waals surface area contributed by atoms with Gasteiger partial charge in [0.25, 0.3) is 0 Å². The first kappa shape index (κ1) is 21.1. The molecule has 0 saturated carbocycles. The summed E-state index contributed by atoms with van der Waals surface area (Å²) in [5.74, 6) is 3.35. The normalized spacial score (nSPS) is 12.0. The Balaban J connectivity index is 1.38. The van der Waals surface area contributed by atoms with E-state index in [-0.39, 0.29) is 12.6 Å². The van der Waals surface area contributed by atoms with E-state index in [1.54, 1.807) is 6.07 Å². The van der Waals surface area contributed by atoms with E-state index in [4.69, 9.17) is 14.2 Å². The molecule has 0 saturated heterocycles. The number of aromatic nitrogens is 3. The standard InChI is InChI=1S/C25H21N3O4S/c1-17(29)20-9-5-6-10-21(20)30-13-14-33-25-27-26-24(28(25)19-7-3-2-4-8-19)18-11-12-22-23(15-18)32-16-31-22/h2-12,15H,13-14,16H2,1H3. The van der Waals surface area contributed by atoms with Crippen molar-refractivity contribution in [3.63, 3.8) is 0 Å². The molecule has 33 heavy (non-hydrogen) atoms. The zero-order valence-corrected chi connectivity index (χ0v) is 18.7. The van der Waals surface area contributed by atoms with Crippen molar-refractivity contribution >= 4 is 17.5 Å². The number of ether oxygens (including phenoxy) is 3. The minimum absolute atomic E-state index is 0.0181. The highest BCUT2D eigenvalue weighted by molar-refractivity contribution is 7.99. The van der Waals surface area contributed by atoms with Gasteiger partial charge >= 0.3 is 0 Å². The molecule has 1 aliphatic heterocycles. The fraction of sp³-hybridized carbons (Fsp3) is 0.160. The van der Waals surface area contributed by atoms with Gasteiger partial charge in [0.05, 0.1) is 12.2 Å². The lowest BCUT2D eigenvalue weighted by Crippen LogP contribution is -2.06. The zero-order chi connectivity index (χ0) is 22.6. The van der Waals surface area contributed by atoms with Crippen molar-refractivity contribution in [2.45, 2.75) is 12.1 Å². The van der Waals surface area contributed by atoms with Crippen LogP contribution in [-0.4, -0.2) is 39.7 Å². The molecule has 1 aliphatic rings. The number of fused-ring (bicyclic) bond motifs is 1. The molecule has 1 aromatic heterocycles. The van der Waals surface area contributed by atoms with Gasteiger partial charge in [-0.2, -0.15) is 0 Å². The largest absolute Gasteiger partial charge is 0.492 e. The predicted molar refractivity (Wildman–Crippen MR) is 126 cm³/mol. The summed E-state index contributed by atoms with van der Waals surface area (Å²) >= 11 is 1.54. The van der Waals surface area contributed by atoms with Crippen LogP contribution < -0.4 is 14.2 Å². The first-order valence-electron chi connectivity index (χ1n) is 10.5. The number of nitrogens with zero attached hydrogens (tertiary/aromatic N) is 3. The highest BCUT2D eigenvalue weighted by Crippen LogP contribution is 2.37. The topological polar surface area (TPSA) is 75.5 Å². The van der Waals surface area contributed by atoms with Gasteiger partial charge in [-0.25, -0.2) is 0 Å². The number of rotatable bonds is 8. The van der Waals surface area contributed by atoms with Crippen LogP contribution in [0.1, 0.15) is 17.3 Å². The van der Waals surface area contributed by atoms with Crippen molar-refractivity contribution in [2.24, 2.45) is 0 Å². The van der Waals surface area contributed by atoms with Crippen molar-refractivity contribution in [3.8, 4) is 34.3 Å². The molecule has 0 aliphatic carbocycles. The minimum atomic E-state index is -0.0181. The second kappa shape index (κ2) is 9.38. The fourth-order valence-corrected chi connectivity index (χ4v) is 4.33. The smallest absolute Gasteiger partial charge is 0.231 e. The highest BCUT2D eigenvalue weighted by atomic mass is 32.2. The van der Waals surface area contributed by atoms with Gasteiger partial charge in [0, 0.05) is 17.0 Å². The molecule has 0 N–H and O–H groups in total. The molecule has 0 spiro atoms. The zero-order valence-electron chi connectivity index (χ0n) is 17.9. The Morgan fingerprint density at radius 3 is 2.64 bits per heavy atom. The number of Topliss-reactive ketones (excluding diaryl/α,β-unsaturated/α-hetero) is 1. The molecule has 0 amide bonds. The van der Waals surface area contributed by atoms with Crippen molar-refractivity contribution in [3.05, 3.63) is 78.4 Å². The van der Waals surface area contributed by atoms with Crippen LogP contribution in [0.25, 0.3) is 17.1 Å². The summed E-state index contributed by atoms with van der Waals surface area (Å²) in [6.07, 6.45) is 0. The van der Waals surface area contributed by atoms with E-state index in [1.807, 2.05) is 71.3 Å². The van der Waals surface area contributed by atoms with Gasteiger partial charge in [0.15, 0.2) is 28.3 Å². The molecule has 3 aromatic carbocycles. The number of thioether (sulfide) groups is 1. The SMILES string of the molecule is CC(=O)c1ccccc1OCCSc1nnc(-c2ccc3c(c2)OCO3)n1-c1ccccc1. The van der Waals surface area contributed by atoms with Gasteiger partial charge in [0.2, 0.25) is 6.79 Å². The van der Waals surface area contributed by atoms with E-state index in [2.05, 4.69) is 10.2 Å². The van der Waals surface area contributed by atoms with Gasteiger partial charge < -0.3 is 14.2 Å². The summed E-state index contributed by atoms with van der Waals surface area (Å²) in [6, 6.07) is 23.0. The lowest BCUT2D eigenvalue weighted by molar-refractivity contribution is 0.101. The lowest BCUT2D eigenvalue weighted by atomic mass is 10.1. The van der Waals surface area contributed by atoms with Gasteiger partial charge in [0.1, 0.15) is 5.75 Å². The third-order valence-electron chi connectivity index (χ3n) is 5.12. The van der Waals surface area contributed by atoms with Crippen LogP contribution in [0.5, 0.6) is 17.2 Å². The summed E-state index contributed by atoms with van der Waals surface area (Å²) in [5.41, 5.74) is 2.43. The molecule has 0 unspecified atom stereocenters. The lowest BCUT2D eigenvalue weighted by Gasteiger charge is -2.12. The highest BCUT2D eigenvalue weighted by Gasteiger charge is 2.20. The van der Waals surface area contributed by atoms with Crippen molar-refractivity contribution in [2.75, 3.05) is 19.2 Å². The van der Waals surface area contributed by atoms with Crippen LogP contribution in [0.3, 0.4) is 0 Å².